The molecule has 0 aliphatic heterocycles. The van der Waals surface area contributed by atoms with Crippen molar-refractivity contribution in [2.75, 3.05) is 0 Å². The molecule has 0 aliphatic rings. The van der Waals surface area contributed by atoms with E-state index >= 15 is 0 Å². The van der Waals surface area contributed by atoms with Crippen LogP contribution in [0, 0.1) is 0 Å². The topological polar surface area (TPSA) is 77.3 Å². The highest BCUT2D eigenvalue weighted by Crippen LogP contribution is 2.34. The van der Waals surface area contributed by atoms with Gasteiger partial charge in [-0.15, -0.1) is 0 Å². The molecule has 9 rings (SSSR count). The molecule has 0 spiro atoms. The average Bonchev–Trinajstić information content (AvgIpc) is 3.27. The molecule has 9 aromatic rings. The lowest BCUT2D eigenvalue weighted by Gasteiger charge is -2.12. The van der Waals surface area contributed by atoms with Crippen LogP contribution in [0.25, 0.3) is 90.5 Å². The van der Waals surface area contributed by atoms with E-state index in [0.29, 0.717) is 23.3 Å². The molecule has 3 heterocycles. The summed E-state index contributed by atoms with van der Waals surface area (Å²) in [7, 11) is 0. The molecule has 0 atom stereocenters. The molecule has 6 heteroatoms. The molecule has 0 N–H and O–H groups in total. The zero-order valence-corrected chi connectivity index (χ0v) is 29.2. The van der Waals surface area contributed by atoms with Gasteiger partial charge in [0, 0.05) is 39.6 Å². The van der Waals surface area contributed by atoms with Crippen LogP contribution in [0.2, 0.25) is 0 Å². The maximum Gasteiger partial charge on any atom is 0.164 e. The van der Waals surface area contributed by atoms with Crippen LogP contribution in [-0.2, 0) is 0 Å². The number of hydrogen-bond acceptors (Lipinski definition) is 6. The minimum Gasteiger partial charge on any atom is -0.254 e. The number of benzene rings is 6. The normalized spacial score (nSPS) is 11.0. The fourth-order valence-electron chi connectivity index (χ4n) is 6.47. The van der Waals surface area contributed by atoms with E-state index in [1.165, 1.54) is 5.56 Å². The van der Waals surface area contributed by atoms with Gasteiger partial charge in [-0.05, 0) is 28.8 Å². The summed E-state index contributed by atoms with van der Waals surface area (Å²) in [4.78, 5) is 29.8. The predicted molar refractivity (Wildman–Crippen MR) is 217 cm³/mol. The third kappa shape index (κ3) is 6.79. The van der Waals surface area contributed by atoms with Crippen LogP contribution < -0.4 is 0 Å². The maximum absolute atomic E-state index is 5.01. The summed E-state index contributed by atoms with van der Waals surface area (Å²) >= 11 is 0. The van der Waals surface area contributed by atoms with Crippen molar-refractivity contribution in [2.24, 2.45) is 0 Å². The highest BCUT2D eigenvalue weighted by Gasteiger charge is 2.17. The van der Waals surface area contributed by atoms with Gasteiger partial charge in [0.2, 0.25) is 0 Å². The first-order valence-corrected chi connectivity index (χ1v) is 17.8. The SMILES string of the molecule is c1ccc(-c2ccc(-c3cc(-c4ccc(-c5ccccc5-c5nc(-c6ccccc6)nc(-c6ccccc6)n5)cn4)nc(-c4ccccc4)n3)cc2)cc1. The lowest BCUT2D eigenvalue weighted by molar-refractivity contribution is 1.07. The van der Waals surface area contributed by atoms with E-state index in [4.69, 9.17) is 29.9 Å². The van der Waals surface area contributed by atoms with E-state index in [1.54, 1.807) is 0 Å². The quantitative estimate of drug-likeness (QED) is 0.158. The van der Waals surface area contributed by atoms with Crippen molar-refractivity contribution >= 4 is 0 Å². The van der Waals surface area contributed by atoms with Gasteiger partial charge in [0.05, 0.1) is 17.1 Å². The number of rotatable bonds is 8. The summed E-state index contributed by atoms with van der Waals surface area (Å²) in [6.45, 7) is 0. The van der Waals surface area contributed by atoms with Gasteiger partial charge in [0.25, 0.3) is 0 Å². The Hall–Kier alpha value is -7.44. The third-order valence-electron chi connectivity index (χ3n) is 9.25. The first-order chi connectivity index (χ1) is 26.7. The Morgan fingerprint density at radius 3 is 1.19 bits per heavy atom. The number of aromatic nitrogens is 6. The van der Waals surface area contributed by atoms with E-state index in [0.717, 1.165) is 61.6 Å². The van der Waals surface area contributed by atoms with Crippen LogP contribution in [0.5, 0.6) is 0 Å². The first-order valence-electron chi connectivity index (χ1n) is 17.8. The van der Waals surface area contributed by atoms with Crippen molar-refractivity contribution in [3.8, 4) is 90.5 Å². The number of hydrogen-bond donors (Lipinski definition) is 0. The Morgan fingerprint density at radius 1 is 0.241 bits per heavy atom. The molecule has 0 radical (unpaired) electrons. The average molecular weight is 693 g/mol. The monoisotopic (exact) mass is 692 g/mol. The molecule has 254 valence electrons. The minimum atomic E-state index is 0.591. The summed E-state index contributed by atoms with van der Waals surface area (Å²) in [6, 6.07) is 63.2. The van der Waals surface area contributed by atoms with Crippen molar-refractivity contribution in [2.45, 2.75) is 0 Å². The van der Waals surface area contributed by atoms with Gasteiger partial charge in [0.1, 0.15) is 0 Å². The standard InChI is InChI=1S/C48H32N6/c1-5-15-33(16-6-1)34-25-27-35(28-26-34)43-31-44(51-45(50-43)36-17-7-2-8-18-36)42-30-29-39(32-49-42)40-23-13-14-24-41(40)48-53-46(37-19-9-3-10-20-37)52-47(54-48)38-21-11-4-12-22-38/h1-32H. The molecule has 0 saturated carbocycles. The Kier molecular flexibility index (Phi) is 8.81. The van der Waals surface area contributed by atoms with Gasteiger partial charge in [-0.2, -0.15) is 0 Å². The van der Waals surface area contributed by atoms with Crippen molar-refractivity contribution in [3.05, 3.63) is 194 Å². The maximum atomic E-state index is 5.01. The largest absolute Gasteiger partial charge is 0.254 e. The number of pyridine rings is 1. The van der Waals surface area contributed by atoms with Gasteiger partial charge < -0.3 is 0 Å². The smallest absolute Gasteiger partial charge is 0.164 e. The summed E-state index contributed by atoms with van der Waals surface area (Å²) < 4.78 is 0. The van der Waals surface area contributed by atoms with Crippen molar-refractivity contribution in [1.29, 1.82) is 0 Å². The second kappa shape index (κ2) is 14.7. The van der Waals surface area contributed by atoms with Gasteiger partial charge in [0.15, 0.2) is 23.3 Å². The van der Waals surface area contributed by atoms with E-state index in [2.05, 4.69) is 60.7 Å². The first kappa shape index (κ1) is 32.5. The summed E-state index contributed by atoms with van der Waals surface area (Å²) in [5.74, 6) is 2.47. The summed E-state index contributed by atoms with van der Waals surface area (Å²) in [6.07, 6.45) is 1.89. The summed E-state index contributed by atoms with van der Waals surface area (Å²) in [5.41, 5.74) is 11.2. The molecule has 0 fully saturated rings. The molecule has 3 aromatic heterocycles. The van der Waals surface area contributed by atoms with Crippen molar-refractivity contribution in [3.63, 3.8) is 0 Å². The second-order valence-electron chi connectivity index (χ2n) is 12.8. The molecule has 0 bridgehead atoms. The van der Waals surface area contributed by atoms with Gasteiger partial charge in [-0.1, -0.05) is 176 Å². The Morgan fingerprint density at radius 2 is 0.648 bits per heavy atom. The fraction of sp³-hybridized carbons (Fsp3) is 0. The molecule has 6 nitrogen and oxygen atoms in total. The molecule has 0 saturated heterocycles. The van der Waals surface area contributed by atoms with Gasteiger partial charge in [-0.3, -0.25) is 4.98 Å². The van der Waals surface area contributed by atoms with Crippen LogP contribution in [0.3, 0.4) is 0 Å². The van der Waals surface area contributed by atoms with Gasteiger partial charge >= 0.3 is 0 Å². The second-order valence-corrected chi connectivity index (χ2v) is 12.8. The van der Waals surface area contributed by atoms with E-state index in [-0.39, 0.29) is 0 Å². The zero-order chi connectivity index (χ0) is 36.1. The van der Waals surface area contributed by atoms with Crippen molar-refractivity contribution in [1.82, 2.24) is 29.9 Å². The zero-order valence-electron chi connectivity index (χ0n) is 29.2. The molecule has 0 amide bonds. The lowest BCUT2D eigenvalue weighted by Crippen LogP contribution is -2.01. The predicted octanol–water partition coefficient (Wildman–Crippen LogP) is 11.4. The highest BCUT2D eigenvalue weighted by atomic mass is 15.0. The van der Waals surface area contributed by atoms with Crippen LogP contribution in [0.4, 0.5) is 0 Å². The molecule has 0 aliphatic carbocycles. The summed E-state index contributed by atoms with van der Waals surface area (Å²) in [5, 5.41) is 0. The van der Waals surface area contributed by atoms with E-state index in [1.807, 2.05) is 134 Å². The highest BCUT2D eigenvalue weighted by molar-refractivity contribution is 5.82. The Balaban J connectivity index is 1.10. The van der Waals surface area contributed by atoms with Crippen LogP contribution in [-0.4, -0.2) is 29.9 Å². The molecule has 54 heavy (non-hydrogen) atoms. The fourth-order valence-corrected chi connectivity index (χ4v) is 6.47. The minimum absolute atomic E-state index is 0.591. The van der Waals surface area contributed by atoms with Gasteiger partial charge in [-0.25, -0.2) is 24.9 Å². The molecule has 6 aromatic carbocycles. The number of nitrogens with zero attached hydrogens (tertiary/aromatic N) is 6. The van der Waals surface area contributed by atoms with E-state index < -0.39 is 0 Å². The lowest BCUT2D eigenvalue weighted by atomic mass is 9.99. The van der Waals surface area contributed by atoms with E-state index in [9.17, 15) is 0 Å². The molecule has 0 unspecified atom stereocenters. The molecular formula is C48H32N6. The van der Waals surface area contributed by atoms with Crippen LogP contribution >= 0.6 is 0 Å². The molecular weight excluding hydrogens is 661 g/mol. The Labute approximate surface area is 313 Å². The Bertz CT molecular complexity index is 2610. The van der Waals surface area contributed by atoms with Crippen LogP contribution in [0.1, 0.15) is 0 Å². The van der Waals surface area contributed by atoms with Crippen LogP contribution in [0.15, 0.2) is 194 Å². The van der Waals surface area contributed by atoms with Crippen molar-refractivity contribution < 1.29 is 0 Å². The third-order valence-corrected chi connectivity index (χ3v) is 9.25.